The maximum absolute atomic E-state index is 5.93. The van der Waals surface area contributed by atoms with Gasteiger partial charge >= 0.3 is 0 Å². The van der Waals surface area contributed by atoms with Gasteiger partial charge in [-0.05, 0) is 25.7 Å². The van der Waals surface area contributed by atoms with Crippen LogP contribution in [0.3, 0.4) is 0 Å². The lowest BCUT2D eigenvalue weighted by atomic mass is 10.3. The molecule has 0 unspecified atom stereocenters. The van der Waals surface area contributed by atoms with Crippen molar-refractivity contribution in [3.8, 4) is 12.5 Å². The molecule has 3 nitrogen and oxygen atoms in total. The van der Waals surface area contributed by atoms with Crippen LogP contribution in [-0.2, 0) is 14.2 Å². The van der Waals surface area contributed by atoms with Crippen LogP contribution in [0.4, 0.5) is 0 Å². The Bertz CT molecular complexity index is 229. The van der Waals surface area contributed by atoms with Gasteiger partial charge in [0.2, 0.25) is 0 Å². The van der Waals surface area contributed by atoms with E-state index in [-0.39, 0.29) is 6.29 Å². The lowest BCUT2D eigenvalue weighted by Gasteiger charge is -2.24. The summed E-state index contributed by atoms with van der Waals surface area (Å²) in [6, 6.07) is 0. The Hall–Kier alpha value is -0.720. The van der Waals surface area contributed by atoms with Crippen LogP contribution in [0.2, 0.25) is 0 Å². The predicted octanol–water partition coefficient (Wildman–Crippen LogP) is 2.84. The number of ether oxygens (including phenoxy) is 3. The first kappa shape index (κ1) is 12.7. The summed E-state index contributed by atoms with van der Waals surface area (Å²) in [5, 5.41) is 0. The van der Waals surface area contributed by atoms with Crippen molar-refractivity contribution in [3.05, 3.63) is 0 Å². The molecule has 3 heteroatoms. The fourth-order valence-electron chi connectivity index (χ4n) is 2.70. The quantitative estimate of drug-likeness (QED) is 0.526. The SMILES string of the molecule is C#COCC(OC1CCCC1)OC1CCCC1. The number of rotatable bonds is 6. The topological polar surface area (TPSA) is 27.7 Å². The first-order valence-electron chi connectivity index (χ1n) is 6.77. The highest BCUT2D eigenvalue weighted by atomic mass is 16.7. The van der Waals surface area contributed by atoms with Crippen molar-refractivity contribution in [2.75, 3.05) is 6.61 Å². The summed E-state index contributed by atoms with van der Waals surface area (Å²) in [6.07, 6.45) is 17.3. The van der Waals surface area contributed by atoms with Crippen molar-refractivity contribution >= 4 is 0 Å². The van der Waals surface area contributed by atoms with Crippen molar-refractivity contribution in [1.29, 1.82) is 0 Å². The van der Waals surface area contributed by atoms with E-state index in [4.69, 9.17) is 20.6 Å². The van der Waals surface area contributed by atoms with Crippen molar-refractivity contribution in [2.24, 2.45) is 0 Å². The molecular weight excluding hydrogens is 216 g/mol. The minimum atomic E-state index is -0.280. The molecule has 2 rings (SSSR count). The number of hydrogen-bond donors (Lipinski definition) is 0. The van der Waals surface area contributed by atoms with Gasteiger partial charge in [-0.3, -0.25) is 0 Å². The van der Waals surface area contributed by atoms with E-state index < -0.39 is 0 Å². The van der Waals surface area contributed by atoms with Crippen LogP contribution in [0.5, 0.6) is 0 Å². The largest absolute Gasteiger partial charge is 0.441 e. The van der Waals surface area contributed by atoms with Gasteiger partial charge in [-0.2, -0.15) is 0 Å². The second-order valence-corrected chi connectivity index (χ2v) is 4.94. The normalized spacial score (nSPS) is 22.1. The third-order valence-electron chi connectivity index (χ3n) is 3.60. The number of hydrogen-bond acceptors (Lipinski definition) is 3. The molecule has 96 valence electrons. The number of terminal acetylenes is 1. The summed E-state index contributed by atoms with van der Waals surface area (Å²) in [5.74, 6) is 0. The van der Waals surface area contributed by atoms with Crippen LogP contribution in [0, 0.1) is 12.5 Å². The molecule has 0 saturated heterocycles. The smallest absolute Gasteiger partial charge is 0.193 e. The molecule has 0 radical (unpaired) electrons. The fraction of sp³-hybridized carbons (Fsp3) is 0.857. The molecule has 0 N–H and O–H groups in total. The molecule has 0 amide bonds. The summed E-state index contributed by atoms with van der Waals surface area (Å²) < 4.78 is 16.9. The Kier molecular flexibility index (Phi) is 5.15. The van der Waals surface area contributed by atoms with Crippen LogP contribution in [0.1, 0.15) is 51.4 Å². The van der Waals surface area contributed by atoms with Crippen molar-refractivity contribution in [3.63, 3.8) is 0 Å². The first-order valence-corrected chi connectivity index (χ1v) is 6.77. The first-order chi connectivity index (χ1) is 8.38. The van der Waals surface area contributed by atoms with Crippen LogP contribution < -0.4 is 0 Å². The molecular formula is C14H22O3. The highest BCUT2D eigenvalue weighted by Gasteiger charge is 2.25. The monoisotopic (exact) mass is 238 g/mol. The Morgan fingerprint density at radius 2 is 1.41 bits per heavy atom. The van der Waals surface area contributed by atoms with Gasteiger partial charge in [-0.25, -0.2) is 0 Å². The molecule has 17 heavy (non-hydrogen) atoms. The Labute approximate surface area is 104 Å². The molecule has 0 spiro atoms. The predicted molar refractivity (Wildman–Crippen MR) is 65.3 cm³/mol. The van der Waals surface area contributed by atoms with Gasteiger partial charge in [0.15, 0.2) is 12.9 Å². The summed E-state index contributed by atoms with van der Waals surface area (Å²) in [7, 11) is 0. The minimum Gasteiger partial charge on any atom is -0.441 e. The molecule has 0 aliphatic heterocycles. The van der Waals surface area contributed by atoms with Gasteiger partial charge in [0.25, 0.3) is 0 Å². The van der Waals surface area contributed by atoms with Crippen molar-refractivity contribution in [2.45, 2.75) is 69.9 Å². The average molecular weight is 238 g/mol. The van der Waals surface area contributed by atoms with E-state index in [2.05, 4.69) is 6.11 Å². The summed E-state index contributed by atoms with van der Waals surface area (Å²) in [6.45, 7) is 0.351. The molecule has 2 aliphatic carbocycles. The van der Waals surface area contributed by atoms with Crippen molar-refractivity contribution < 1.29 is 14.2 Å². The highest BCUT2D eigenvalue weighted by molar-refractivity contribution is 4.73. The molecule has 0 aromatic rings. The third kappa shape index (κ3) is 4.22. The average Bonchev–Trinajstić information content (AvgIpc) is 2.99. The minimum absolute atomic E-state index is 0.280. The van der Waals surface area contributed by atoms with Crippen LogP contribution >= 0.6 is 0 Å². The van der Waals surface area contributed by atoms with E-state index in [1.807, 2.05) is 0 Å². The van der Waals surface area contributed by atoms with Crippen LogP contribution in [0.25, 0.3) is 0 Å². The molecule has 0 aromatic heterocycles. The lowest BCUT2D eigenvalue weighted by molar-refractivity contribution is -0.206. The fourth-order valence-corrected chi connectivity index (χ4v) is 2.70. The molecule has 2 fully saturated rings. The molecule has 0 bridgehead atoms. The Morgan fingerprint density at radius 1 is 0.941 bits per heavy atom. The molecule has 2 saturated carbocycles. The van der Waals surface area contributed by atoms with Gasteiger partial charge in [0, 0.05) is 0 Å². The van der Waals surface area contributed by atoms with Gasteiger partial charge in [0.05, 0.1) is 12.2 Å². The summed E-state index contributed by atoms with van der Waals surface area (Å²) in [5.41, 5.74) is 0. The van der Waals surface area contributed by atoms with E-state index in [0.717, 1.165) is 25.7 Å². The molecule has 0 atom stereocenters. The zero-order chi connectivity index (χ0) is 11.9. The Balaban J connectivity index is 1.76. The van der Waals surface area contributed by atoms with Crippen LogP contribution in [0.15, 0.2) is 0 Å². The van der Waals surface area contributed by atoms with Gasteiger partial charge in [0.1, 0.15) is 6.11 Å². The third-order valence-corrected chi connectivity index (χ3v) is 3.60. The van der Waals surface area contributed by atoms with E-state index in [1.165, 1.54) is 25.7 Å². The molecule has 2 aliphatic rings. The second kappa shape index (κ2) is 6.88. The van der Waals surface area contributed by atoms with Crippen molar-refractivity contribution in [1.82, 2.24) is 0 Å². The maximum atomic E-state index is 5.93. The second-order valence-electron chi connectivity index (χ2n) is 4.94. The zero-order valence-corrected chi connectivity index (χ0v) is 10.4. The lowest BCUT2D eigenvalue weighted by Crippen LogP contribution is -2.30. The zero-order valence-electron chi connectivity index (χ0n) is 10.4. The maximum Gasteiger partial charge on any atom is 0.193 e. The summed E-state index contributed by atoms with van der Waals surface area (Å²) in [4.78, 5) is 0. The Morgan fingerprint density at radius 3 is 1.82 bits per heavy atom. The van der Waals surface area contributed by atoms with Crippen LogP contribution in [-0.4, -0.2) is 25.1 Å². The molecule has 0 aromatic carbocycles. The standard InChI is InChI=1S/C14H22O3/c1-2-15-11-14(16-12-7-3-4-8-12)17-13-9-5-6-10-13/h1,12-14H,3-11H2. The van der Waals surface area contributed by atoms with E-state index >= 15 is 0 Å². The van der Waals surface area contributed by atoms with E-state index in [9.17, 15) is 0 Å². The van der Waals surface area contributed by atoms with Gasteiger partial charge < -0.3 is 14.2 Å². The van der Waals surface area contributed by atoms with Gasteiger partial charge in [-0.15, -0.1) is 0 Å². The van der Waals surface area contributed by atoms with Gasteiger partial charge in [-0.1, -0.05) is 32.1 Å². The van der Waals surface area contributed by atoms with E-state index in [0.29, 0.717) is 18.8 Å². The molecule has 0 heterocycles. The highest BCUT2D eigenvalue weighted by Crippen LogP contribution is 2.26. The van der Waals surface area contributed by atoms with E-state index in [1.54, 1.807) is 0 Å². The summed E-state index contributed by atoms with van der Waals surface area (Å²) >= 11 is 0.